The molecule has 2 aromatic heterocycles. The summed E-state index contributed by atoms with van der Waals surface area (Å²) in [4.78, 5) is 32.4. The Balaban J connectivity index is 1.64. The van der Waals surface area contributed by atoms with Gasteiger partial charge in [0.1, 0.15) is 11.3 Å². The third-order valence-electron chi connectivity index (χ3n) is 4.05. The number of nitrogens with zero attached hydrogens (tertiary/aromatic N) is 6. The molecule has 0 spiro atoms. The normalized spacial score (nSPS) is 20.2. The van der Waals surface area contributed by atoms with Gasteiger partial charge in [-0.2, -0.15) is 0 Å². The van der Waals surface area contributed by atoms with Gasteiger partial charge in [-0.25, -0.2) is 15.0 Å². The van der Waals surface area contributed by atoms with Crippen LogP contribution in [-0.4, -0.2) is 68.1 Å². The molecule has 8 heteroatoms. The molecule has 0 radical (unpaired) electrons. The molecule has 3 rings (SSSR count). The van der Waals surface area contributed by atoms with Crippen LogP contribution in [0.25, 0.3) is 0 Å². The zero-order valence-corrected chi connectivity index (χ0v) is 13.8. The van der Waals surface area contributed by atoms with Gasteiger partial charge in [-0.3, -0.25) is 9.78 Å². The van der Waals surface area contributed by atoms with E-state index in [0.29, 0.717) is 25.5 Å². The van der Waals surface area contributed by atoms with Crippen molar-refractivity contribution < 1.29 is 9.90 Å². The first-order valence-corrected chi connectivity index (χ1v) is 7.75. The Hall–Kier alpha value is -2.61. The average Bonchev–Trinajstić information content (AvgIpc) is 2.97. The van der Waals surface area contributed by atoms with Gasteiger partial charge in [0.25, 0.3) is 5.91 Å². The fourth-order valence-corrected chi connectivity index (χ4v) is 2.82. The van der Waals surface area contributed by atoms with Crippen LogP contribution in [-0.2, 0) is 0 Å². The van der Waals surface area contributed by atoms with Crippen LogP contribution in [0.1, 0.15) is 22.6 Å². The summed E-state index contributed by atoms with van der Waals surface area (Å²) in [5, 5.41) is 10.8. The number of anilines is 1. The number of hydrogen-bond acceptors (Lipinski definition) is 7. The lowest BCUT2D eigenvalue weighted by Gasteiger charge is -2.28. The molecule has 1 amide bonds. The maximum atomic E-state index is 12.4. The Labute approximate surface area is 140 Å². The highest BCUT2D eigenvalue weighted by molar-refractivity contribution is 5.91. The Bertz CT molecular complexity index is 708. The third-order valence-corrected chi connectivity index (χ3v) is 4.05. The number of aromatic nitrogens is 4. The van der Waals surface area contributed by atoms with Crippen LogP contribution >= 0.6 is 0 Å². The van der Waals surface area contributed by atoms with E-state index in [1.165, 1.54) is 11.1 Å². The summed E-state index contributed by atoms with van der Waals surface area (Å²) in [6, 6.07) is 1.75. The lowest BCUT2D eigenvalue weighted by Crippen LogP contribution is -2.46. The van der Waals surface area contributed by atoms with Crippen molar-refractivity contribution in [2.45, 2.75) is 18.9 Å². The van der Waals surface area contributed by atoms with Gasteiger partial charge in [0.15, 0.2) is 0 Å². The first-order valence-electron chi connectivity index (χ1n) is 7.75. The van der Waals surface area contributed by atoms with Crippen molar-refractivity contribution in [2.75, 3.05) is 31.6 Å². The van der Waals surface area contributed by atoms with E-state index < -0.39 is 5.60 Å². The van der Waals surface area contributed by atoms with E-state index in [0.717, 1.165) is 5.69 Å². The number of amides is 1. The van der Waals surface area contributed by atoms with Crippen LogP contribution in [0.5, 0.6) is 0 Å². The number of rotatable bonds is 4. The number of aliphatic hydroxyl groups is 1. The summed E-state index contributed by atoms with van der Waals surface area (Å²) in [5.41, 5.74) is 0.0249. The van der Waals surface area contributed by atoms with Crippen molar-refractivity contribution in [3.05, 3.63) is 42.2 Å². The number of hydrogen-bond donors (Lipinski definition) is 1. The zero-order valence-electron chi connectivity index (χ0n) is 13.8. The first kappa shape index (κ1) is 16.3. The molecule has 24 heavy (non-hydrogen) atoms. The highest BCUT2D eigenvalue weighted by Crippen LogP contribution is 2.25. The monoisotopic (exact) mass is 328 g/mol. The molecule has 0 bridgehead atoms. The van der Waals surface area contributed by atoms with Gasteiger partial charge in [0.05, 0.1) is 25.0 Å². The average molecular weight is 328 g/mol. The minimum atomic E-state index is -0.998. The molecule has 3 heterocycles. The number of likely N-dealkylation sites (N-methyl/N-ethyl adjacent to an activating group) is 1. The molecule has 0 aliphatic carbocycles. The lowest BCUT2D eigenvalue weighted by molar-refractivity contribution is 0.0261. The van der Waals surface area contributed by atoms with Crippen molar-refractivity contribution >= 4 is 11.9 Å². The Kier molecular flexibility index (Phi) is 4.39. The first-order chi connectivity index (χ1) is 11.5. The molecule has 1 fully saturated rings. The molecule has 0 aromatic carbocycles. The summed E-state index contributed by atoms with van der Waals surface area (Å²) < 4.78 is 0. The molecule has 1 atom stereocenters. The number of aryl methyl sites for hydroxylation is 1. The van der Waals surface area contributed by atoms with Gasteiger partial charge >= 0.3 is 0 Å². The molecule has 2 aromatic rings. The standard InChI is InChI=1S/C16H20N6O2/c1-12-8-20-13(9-19-12)14(23)21(2)10-16(24)4-7-22(11-16)15-17-5-3-6-18-15/h3,5-6,8-9,24H,4,7,10-11H2,1-2H3/t16-/m0/s1. The van der Waals surface area contributed by atoms with E-state index in [1.807, 2.05) is 11.8 Å². The van der Waals surface area contributed by atoms with Crippen LogP contribution in [0.4, 0.5) is 5.95 Å². The minimum absolute atomic E-state index is 0.213. The van der Waals surface area contributed by atoms with E-state index in [2.05, 4.69) is 19.9 Å². The SMILES string of the molecule is Cc1cnc(C(=O)N(C)C[C@@]2(O)CCN(c3ncccn3)C2)cn1. The quantitative estimate of drug-likeness (QED) is 0.861. The highest BCUT2D eigenvalue weighted by Gasteiger charge is 2.39. The molecule has 126 valence electrons. The maximum absolute atomic E-state index is 12.4. The van der Waals surface area contributed by atoms with Crippen molar-refractivity contribution in [3.63, 3.8) is 0 Å². The maximum Gasteiger partial charge on any atom is 0.273 e. The van der Waals surface area contributed by atoms with Gasteiger partial charge in [0.2, 0.25) is 5.95 Å². The van der Waals surface area contributed by atoms with E-state index in [4.69, 9.17) is 0 Å². The van der Waals surface area contributed by atoms with Crippen LogP contribution in [0, 0.1) is 6.92 Å². The number of carbonyl (C=O) groups excluding carboxylic acids is 1. The summed E-state index contributed by atoms with van der Waals surface area (Å²) in [6.45, 7) is 3.05. The highest BCUT2D eigenvalue weighted by atomic mass is 16.3. The van der Waals surface area contributed by atoms with Crippen LogP contribution in [0.2, 0.25) is 0 Å². The van der Waals surface area contributed by atoms with Gasteiger partial charge in [-0.05, 0) is 19.4 Å². The van der Waals surface area contributed by atoms with Gasteiger partial charge in [-0.1, -0.05) is 0 Å². The van der Waals surface area contributed by atoms with Crippen LogP contribution in [0.3, 0.4) is 0 Å². The largest absolute Gasteiger partial charge is 0.386 e. The van der Waals surface area contributed by atoms with E-state index in [-0.39, 0.29) is 18.1 Å². The molecule has 0 unspecified atom stereocenters. The molecule has 0 saturated carbocycles. The molecule has 1 N–H and O–H groups in total. The fraction of sp³-hybridized carbons (Fsp3) is 0.438. The Morgan fingerprint density at radius 2 is 2.04 bits per heavy atom. The van der Waals surface area contributed by atoms with E-state index >= 15 is 0 Å². The summed E-state index contributed by atoms with van der Waals surface area (Å²) in [7, 11) is 1.66. The molecule has 1 aliphatic heterocycles. The predicted molar refractivity (Wildman–Crippen MR) is 87.5 cm³/mol. The second-order valence-electron chi connectivity index (χ2n) is 6.15. The number of β-amino-alcohol motifs (C(OH)–C–C–N with tert-alkyl or cyclic N) is 1. The molecule has 8 nitrogen and oxygen atoms in total. The fourth-order valence-electron chi connectivity index (χ4n) is 2.82. The molecular formula is C16H20N6O2. The predicted octanol–water partition coefficient (Wildman–Crippen LogP) is 0.288. The van der Waals surface area contributed by atoms with Gasteiger partial charge < -0.3 is 14.9 Å². The summed E-state index contributed by atoms with van der Waals surface area (Å²) >= 11 is 0. The zero-order chi connectivity index (χ0) is 17.2. The van der Waals surface area contributed by atoms with Crippen molar-refractivity contribution in [1.29, 1.82) is 0 Å². The summed E-state index contributed by atoms with van der Waals surface area (Å²) in [5.74, 6) is 0.331. The van der Waals surface area contributed by atoms with Crippen LogP contribution in [0.15, 0.2) is 30.9 Å². The van der Waals surface area contributed by atoms with Gasteiger partial charge in [0, 0.05) is 32.2 Å². The van der Waals surface area contributed by atoms with Crippen molar-refractivity contribution in [1.82, 2.24) is 24.8 Å². The van der Waals surface area contributed by atoms with E-state index in [1.54, 1.807) is 31.7 Å². The molecular weight excluding hydrogens is 308 g/mol. The smallest absolute Gasteiger partial charge is 0.273 e. The van der Waals surface area contributed by atoms with Crippen LogP contribution < -0.4 is 4.90 Å². The second-order valence-corrected chi connectivity index (χ2v) is 6.15. The topological polar surface area (TPSA) is 95.3 Å². The van der Waals surface area contributed by atoms with Gasteiger partial charge in [-0.15, -0.1) is 0 Å². The van der Waals surface area contributed by atoms with E-state index in [9.17, 15) is 9.90 Å². The Morgan fingerprint density at radius 1 is 1.29 bits per heavy atom. The van der Waals surface area contributed by atoms with Crippen molar-refractivity contribution in [3.8, 4) is 0 Å². The third kappa shape index (κ3) is 3.48. The molecule has 1 saturated heterocycles. The molecule has 1 aliphatic rings. The van der Waals surface area contributed by atoms with Crippen molar-refractivity contribution in [2.24, 2.45) is 0 Å². The Morgan fingerprint density at radius 3 is 2.71 bits per heavy atom. The second kappa shape index (κ2) is 6.48. The number of carbonyl (C=O) groups is 1. The minimum Gasteiger partial charge on any atom is -0.386 e. The lowest BCUT2D eigenvalue weighted by atomic mass is 10.0. The summed E-state index contributed by atoms with van der Waals surface area (Å²) in [6.07, 6.45) is 6.90.